The first-order chi connectivity index (χ1) is 27.8. The van der Waals surface area contributed by atoms with Gasteiger partial charge in [-0.2, -0.15) is 0 Å². The molecule has 56 heavy (non-hydrogen) atoms. The van der Waals surface area contributed by atoms with Crippen molar-refractivity contribution >= 4 is 43.6 Å². The van der Waals surface area contributed by atoms with Crippen LogP contribution >= 0.6 is 0 Å². The molecule has 0 N–H and O–H groups in total. The maximum Gasteiger partial charge on any atom is 0.0548 e. The van der Waals surface area contributed by atoms with Gasteiger partial charge in [0.25, 0.3) is 0 Å². The summed E-state index contributed by atoms with van der Waals surface area (Å²) in [6.45, 7) is 0. The molecule has 0 amide bonds. The number of aromatic nitrogens is 2. The lowest BCUT2D eigenvalue weighted by Gasteiger charge is -2.12. The lowest BCUT2D eigenvalue weighted by molar-refractivity contribution is 1.17. The van der Waals surface area contributed by atoms with Crippen LogP contribution in [-0.4, -0.2) is 9.13 Å². The predicted octanol–water partition coefficient (Wildman–Crippen LogP) is 14.5. The van der Waals surface area contributed by atoms with Crippen LogP contribution in [0.3, 0.4) is 0 Å². The topological polar surface area (TPSA) is 9.86 Å². The van der Waals surface area contributed by atoms with E-state index in [9.17, 15) is 0 Å². The summed E-state index contributed by atoms with van der Waals surface area (Å²) in [7, 11) is 0. The molecular formula is C54H36N2. The second-order valence-electron chi connectivity index (χ2n) is 14.5. The first-order valence-electron chi connectivity index (χ1n) is 19.3. The number of hydrogen-bond acceptors (Lipinski definition) is 0. The Kier molecular flexibility index (Phi) is 7.53. The third kappa shape index (κ3) is 5.26. The van der Waals surface area contributed by atoms with E-state index in [0.29, 0.717) is 0 Å². The molecular weight excluding hydrogens is 677 g/mol. The number of para-hydroxylation sites is 1. The Hall–Kier alpha value is -7.42. The quantitative estimate of drug-likeness (QED) is 0.162. The number of rotatable bonds is 6. The van der Waals surface area contributed by atoms with Gasteiger partial charge in [-0.3, -0.25) is 0 Å². The normalized spacial score (nSPS) is 11.6. The fourth-order valence-electron chi connectivity index (χ4n) is 8.70. The van der Waals surface area contributed by atoms with Crippen LogP contribution < -0.4 is 0 Å². The Morgan fingerprint density at radius 3 is 1.29 bits per heavy atom. The Bertz CT molecular complexity index is 3210. The summed E-state index contributed by atoms with van der Waals surface area (Å²) in [5.74, 6) is 0. The molecule has 0 atom stereocenters. The van der Waals surface area contributed by atoms with Crippen LogP contribution in [0.5, 0.6) is 0 Å². The molecule has 2 heteroatoms. The van der Waals surface area contributed by atoms with Crippen LogP contribution in [0.15, 0.2) is 218 Å². The van der Waals surface area contributed by atoms with Crippen molar-refractivity contribution < 1.29 is 0 Å². The van der Waals surface area contributed by atoms with Crippen molar-refractivity contribution in [2.45, 2.75) is 0 Å². The molecule has 11 rings (SSSR count). The Balaban J connectivity index is 1.17. The zero-order valence-electron chi connectivity index (χ0n) is 30.7. The van der Waals surface area contributed by atoms with Crippen LogP contribution in [0.2, 0.25) is 0 Å². The monoisotopic (exact) mass is 712 g/mol. The van der Waals surface area contributed by atoms with E-state index in [2.05, 4.69) is 228 Å². The van der Waals surface area contributed by atoms with Crippen LogP contribution in [0, 0.1) is 0 Å². The highest BCUT2D eigenvalue weighted by Gasteiger charge is 2.21. The molecule has 0 bridgehead atoms. The van der Waals surface area contributed by atoms with Crippen LogP contribution in [0.1, 0.15) is 0 Å². The van der Waals surface area contributed by atoms with Gasteiger partial charge in [-0.1, -0.05) is 164 Å². The first kappa shape index (κ1) is 32.0. The number of fused-ring (bicyclic) bond motifs is 7. The van der Waals surface area contributed by atoms with Crippen molar-refractivity contribution in [1.29, 1.82) is 0 Å². The molecule has 0 fully saturated rings. The van der Waals surface area contributed by atoms with Crippen molar-refractivity contribution in [2.75, 3.05) is 0 Å². The zero-order chi connectivity index (χ0) is 37.0. The molecule has 0 spiro atoms. The largest absolute Gasteiger partial charge is 0.309 e. The molecule has 262 valence electrons. The Morgan fingerprint density at radius 1 is 0.214 bits per heavy atom. The second-order valence-corrected chi connectivity index (χ2v) is 14.5. The highest BCUT2D eigenvalue weighted by Crippen LogP contribution is 2.44. The highest BCUT2D eigenvalue weighted by atomic mass is 15.0. The van der Waals surface area contributed by atoms with Gasteiger partial charge in [0.05, 0.1) is 22.1 Å². The summed E-state index contributed by atoms with van der Waals surface area (Å²) in [5, 5.41) is 5.02. The average molecular weight is 713 g/mol. The molecule has 0 aliphatic heterocycles. The van der Waals surface area contributed by atoms with Crippen molar-refractivity contribution in [3.8, 4) is 55.9 Å². The molecule has 0 aliphatic rings. The summed E-state index contributed by atoms with van der Waals surface area (Å²) < 4.78 is 4.91. The van der Waals surface area contributed by atoms with Gasteiger partial charge >= 0.3 is 0 Å². The molecule has 2 nitrogen and oxygen atoms in total. The minimum absolute atomic E-state index is 1.14. The fourth-order valence-corrected chi connectivity index (χ4v) is 8.70. The van der Waals surface area contributed by atoms with Gasteiger partial charge < -0.3 is 9.13 Å². The van der Waals surface area contributed by atoms with Crippen LogP contribution in [0.4, 0.5) is 0 Å². The smallest absolute Gasteiger partial charge is 0.0548 e. The Morgan fingerprint density at radius 2 is 0.643 bits per heavy atom. The number of nitrogens with zero attached hydrogens (tertiary/aromatic N) is 2. The molecule has 0 saturated heterocycles. The minimum Gasteiger partial charge on any atom is -0.309 e. The fraction of sp³-hybridized carbons (Fsp3) is 0. The van der Waals surface area contributed by atoms with Gasteiger partial charge in [0.2, 0.25) is 0 Å². The van der Waals surface area contributed by atoms with Gasteiger partial charge in [-0.25, -0.2) is 0 Å². The van der Waals surface area contributed by atoms with Gasteiger partial charge in [0.15, 0.2) is 0 Å². The lowest BCUT2D eigenvalue weighted by Crippen LogP contribution is -1.95. The van der Waals surface area contributed by atoms with Gasteiger partial charge in [-0.15, -0.1) is 0 Å². The summed E-state index contributed by atoms with van der Waals surface area (Å²) in [4.78, 5) is 0. The maximum absolute atomic E-state index is 2.46. The van der Waals surface area contributed by atoms with E-state index in [1.807, 2.05) is 0 Å². The summed E-state index contributed by atoms with van der Waals surface area (Å²) in [6, 6.07) is 79.4. The van der Waals surface area contributed by atoms with Crippen molar-refractivity contribution in [2.24, 2.45) is 0 Å². The van der Waals surface area contributed by atoms with Gasteiger partial charge in [-0.05, 0) is 99.1 Å². The lowest BCUT2D eigenvalue weighted by atomic mass is 9.98. The molecule has 0 saturated carbocycles. The van der Waals surface area contributed by atoms with Crippen molar-refractivity contribution in [3.05, 3.63) is 218 Å². The summed E-state index contributed by atoms with van der Waals surface area (Å²) >= 11 is 0. The summed E-state index contributed by atoms with van der Waals surface area (Å²) in [6.07, 6.45) is 0. The molecule has 2 aromatic heterocycles. The average Bonchev–Trinajstić information content (AvgIpc) is 3.80. The molecule has 0 radical (unpaired) electrons. The van der Waals surface area contributed by atoms with Crippen molar-refractivity contribution in [3.63, 3.8) is 0 Å². The molecule has 11 aromatic rings. The van der Waals surface area contributed by atoms with E-state index in [0.717, 1.165) is 11.4 Å². The molecule has 0 unspecified atom stereocenters. The van der Waals surface area contributed by atoms with Crippen molar-refractivity contribution in [1.82, 2.24) is 9.13 Å². The standard InChI is InChI=1S/C54H36N2/c1-4-14-37(15-5-1)40-26-29-45(30-27-40)55-50-32-33-51-53(47-24-10-11-25-49(47)56(51)46-23-13-22-43(35-46)39-18-8-3-9-19-39)54(50)48-31-28-44(36-52(48)55)42-21-12-20-41(34-42)38-16-6-2-7-17-38/h1-36H. The first-order valence-corrected chi connectivity index (χ1v) is 19.3. The Labute approximate surface area is 325 Å². The van der Waals surface area contributed by atoms with E-state index < -0.39 is 0 Å². The predicted molar refractivity (Wildman–Crippen MR) is 237 cm³/mol. The third-order valence-corrected chi connectivity index (χ3v) is 11.3. The minimum atomic E-state index is 1.14. The van der Waals surface area contributed by atoms with E-state index in [4.69, 9.17) is 0 Å². The maximum atomic E-state index is 2.46. The van der Waals surface area contributed by atoms with E-state index in [-0.39, 0.29) is 0 Å². The number of benzene rings is 9. The van der Waals surface area contributed by atoms with Crippen LogP contribution in [-0.2, 0) is 0 Å². The van der Waals surface area contributed by atoms with Gasteiger partial charge in [0, 0.05) is 32.9 Å². The second kappa shape index (κ2) is 13.2. The van der Waals surface area contributed by atoms with Crippen LogP contribution in [0.25, 0.3) is 99.5 Å². The van der Waals surface area contributed by atoms with E-state index >= 15 is 0 Å². The van der Waals surface area contributed by atoms with E-state index in [1.165, 1.54) is 88.1 Å². The van der Waals surface area contributed by atoms with E-state index in [1.54, 1.807) is 0 Å². The zero-order valence-corrected chi connectivity index (χ0v) is 30.7. The molecule has 0 aliphatic carbocycles. The summed E-state index contributed by atoms with van der Waals surface area (Å²) in [5.41, 5.74) is 16.7. The highest BCUT2D eigenvalue weighted by molar-refractivity contribution is 6.29. The van der Waals surface area contributed by atoms with Gasteiger partial charge in [0.1, 0.15) is 0 Å². The molecule has 9 aromatic carbocycles. The number of hydrogen-bond donors (Lipinski definition) is 0. The SMILES string of the molecule is c1ccc(-c2ccc(-n3c4cc(-c5cccc(-c6ccccc6)c5)ccc4c4c5c6ccccc6n(-c6cccc(-c7ccccc7)c6)c5ccc43)cc2)cc1. The third-order valence-electron chi connectivity index (χ3n) is 11.3. The molecule has 2 heterocycles.